The topological polar surface area (TPSA) is 21.3 Å². The molecule has 0 unspecified atom stereocenters. The maximum atomic E-state index is 6.14. The summed E-state index contributed by atoms with van der Waals surface area (Å²) < 4.78 is 5.92. The lowest BCUT2D eigenvalue weighted by Gasteiger charge is -2.13. The molecule has 1 N–H and O–H groups in total. The van der Waals surface area contributed by atoms with E-state index in [0.29, 0.717) is 15.8 Å². The number of rotatable bonds is 5. The monoisotopic (exact) mass is 309 g/mol. The van der Waals surface area contributed by atoms with E-state index in [9.17, 15) is 0 Å². The Morgan fingerprint density at radius 1 is 1.05 bits per heavy atom. The molecule has 0 radical (unpaired) electrons. The average molecular weight is 310 g/mol. The first-order chi connectivity index (χ1) is 9.60. The van der Waals surface area contributed by atoms with E-state index >= 15 is 0 Å². The quantitative estimate of drug-likeness (QED) is 0.819. The Balaban J connectivity index is 2.27. The van der Waals surface area contributed by atoms with Crippen LogP contribution in [0.1, 0.15) is 18.1 Å². The van der Waals surface area contributed by atoms with Gasteiger partial charge in [0.25, 0.3) is 0 Å². The molecule has 0 aliphatic carbocycles. The van der Waals surface area contributed by atoms with Gasteiger partial charge < -0.3 is 10.1 Å². The molecule has 20 heavy (non-hydrogen) atoms. The number of benzene rings is 2. The van der Waals surface area contributed by atoms with Crippen LogP contribution in [0.2, 0.25) is 10.0 Å². The molecule has 0 aliphatic heterocycles. The average Bonchev–Trinajstić information content (AvgIpc) is 2.41. The molecule has 0 saturated heterocycles. The highest BCUT2D eigenvalue weighted by Crippen LogP contribution is 2.33. The molecule has 2 aromatic rings. The number of hydrogen-bond donors (Lipinski definition) is 1. The van der Waals surface area contributed by atoms with E-state index in [1.54, 1.807) is 18.2 Å². The Hall–Kier alpha value is -1.22. The van der Waals surface area contributed by atoms with E-state index < -0.39 is 0 Å². The Bertz CT molecular complexity index is 599. The van der Waals surface area contributed by atoms with Gasteiger partial charge in [0, 0.05) is 17.1 Å². The van der Waals surface area contributed by atoms with Gasteiger partial charge in [0.1, 0.15) is 11.5 Å². The number of hydrogen-bond acceptors (Lipinski definition) is 2. The summed E-state index contributed by atoms with van der Waals surface area (Å²) in [7, 11) is 0. The first kappa shape index (κ1) is 15.2. The number of nitrogens with one attached hydrogen (secondary N) is 1. The standard InChI is InChI=1S/C16H17Cl2NO/c1-3-19-10-12-8-11(2)4-6-15(12)20-16-7-5-13(17)9-14(16)18/h4-9,19H,3,10H2,1-2H3. The van der Waals surface area contributed by atoms with Crippen LogP contribution in [0, 0.1) is 6.92 Å². The summed E-state index contributed by atoms with van der Waals surface area (Å²) >= 11 is 12.0. The Morgan fingerprint density at radius 2 is 1.80 bits per heavy atom. The van der Waals surface area contributed by atoms with Gasteiger partial charge in [-0.15, -0.1) is 0 Å². The van der Waals surface area contributed by atoms with Gasteiger partial charge in [0.15, 0.2) is 0 Å². The summed E-state index contributed by atoms with van der Waals surface area (Å²) in [5, 5.41) is 4.41. The number of ether oxygens (including phenoxy) is 1. The van der Waals surface area contributed by atoms with Gasteiger partial charge in [-0.1, -0.05) is 47.8 Å². The lowest BCUT2D eigenvalue weighted by molar-refractivity contribution is 0.473. The Kier molecular flexibility index (Phi) is 5.30. The predicted molar refractivity (Wildman–Crippen MR) is 85.1 cm³/mol. The van der Waals surface area contributed by atoms with Gasteiger partial charge in [-0.05, 0) is 37.7 Å². The second-order valence-corrected chi connectivity index (χ2v) is 5.41. The summed E-state index contributed by atoms with van der Waals surface area (Å²) in [6.45, 7) is 5.81. The van der Waals surface area contributed by atoms with Crippen molar-refractivity contribution in [2.24, 2.45) is 0 Å². The first-order valence-electron chi connectivity index (χ1n) is 6.53. The van der Waals surface area contributed by atoms with Gasteiger partial charge in [0.05, 0.1) is 5.02 Å². The molecule has 0 spiro atoms. The molecule has 0 bridgehead atoms. The summed E-state index contributed by atoms with van der Waals surface area (Å²) in [5.74, 6) is 1.42. The third-order valence-electron chi connectivity index (χ3n) is 2.90. The summed E-state index contributed by atoms with van der Waals surface area (Å²) in [6, 6.07) is 11.3. The van der Waals surface area contributed by atoms with E-state index in [0.717, 1.165) is 24.4 Å². The molecular weight excluding hydrogens is 293 g/mol. The second kappa shape index (κ2) is 6.98. The van der Waals surface area contributed by atoms with Crippen LogP contribution in [0.3, 0.4) is 0 Å². The van der Waals surface area contributed by atoms with E-state index in [-0.39, 0.29) is 0 Å². The van der Waals surface area contributed by atoms with Crippen molar-refractivity contribution in [3.05, 3.63) is 57.6 Å². The van der Waals surface area contributed by atoms with Crippen molar-refractivity contribution in [3.63, 3.8) is 0 Å². The van der Waals surface area contributed by atoms with Gasteiger partial charge in [-0.2, -0.15) is 0 Å². The largest absolute Gasteiger partial charge is 0.455 e. The first-order valence-corrected chi connectivity index (χ1v) is 7.29. The van der Waals surface area contributed by atoms with Crippen molar-refractivity contribution >= 4 is 23.2 Å². The van der Waals surface area contributed by atoms with Crippen LogP contribution in [0.5, 0.6) is 11.5 Å². The lowest BCUT2D eigenvalue weighted by atomic mass is 10.1. The second-order valence-electron chi connectivity index (χ2n) is 4.57. The predicted octanol–water partition coefficient (Wildman–Crippen LogP) is 5.20. The molecule has 0 aromatic heterocycles. The van der Waals surface area contributed by atoms with Crippen LogP contribution < -0.4 is 10.1 Å². The van der Waals surface area contributed by atoms with Crippen molar-refractivity contribution in [1.29, 1.82) is 0 Å². The van der Waals surface area contributed by atoms with Gasteiger partial charge in [-0.3, -0.25) is 0 Å². The zero-order valence-electron chi connectivity index (χ0n) is 11.5. The maximum Gasteiger partial charge on any atom is 0.146 e. The molecule has 0 atom stereocenters. The SMILES string of the molecule is CCNCc1cc(C)ccc1Oc1ccc(Cl)cc1Cl. The normalized spacial score (nSPS) is 10.6. The van der Waals surface area contributed by atoms with E-state index in [2.05, 4.69) is 25.2 Å². The molecule has 0 amide bonds. The molecule has 106 valence electrons. The van der Waals surface area contributed by atoms with Crippen molar-refractivity contribution in [2.45, 2.75) is 20.4 Å². The van der Waals surface area contributed by atoms with Crippen LogP contribution >= 0.6 is 23.2 Å². The zero-order valence-corrected chi connectivity index (χ0v) is 13.1. The highest BCUT2D eigenvalue weighted by Gasteiger charge is 2.08. The fourth-order valence-corrected chi connectivity index (χ4v) is 2.33. The fraction of sp³-hybridized carbons (Fsp3) is 0.250. The minimum atomic E-state index is 0.507. The molecule has 2 rings (SSSR count). The van der Waals surface area contributed by atoms with Crippen molar-refractivity contribution in [3.8, 4) is 11.5 Å². The highest BCUT2D eigenvalue weighted by molar-refractivity contribution is 6.35. The molecule has 0 heterocycles. The van der Waals surface area contributed by atoms with Gasteiger partial charge >= 0.3 is 0 Å². The molecule has 2 nitrogen and oxygen atoms in total. The van der Waals surface area contributed by atoms with Crippen molar-refractivity contribution in [2.75, 3.05) is 6.54 Å². The Morgan fingerprint density at radius 3 is 2.50 bits per heavy atom. The fourth-order valence-electron chi connectivity index (χ4n) is 1.88. The van der Waals surface area contributed by atoms with Crippen LogP contribution in [0.15, 0.2) is 36.4 Å². The number of aryl methyl sites for hydroxylation is 1. The van der Waals surface area contributed by atoms with Crippen LogP contribution in [-0.4, -0.2) is 6.54 Å². The van der Waals surface area contributed by atoms with Crippen molar-refractivity contribution in [1.82, 2.24) is 5.32 Å². The highest BCUT2D eigenvalue weighted by atomic mass is 35.5. The third-order valence-corrected chi connectivity index (χ3v) is 3.43. The Labute approximate surface area is 129 Å². The molecule has 0 saturated carbocycles. The molecule has 4 heteroatoms. The van der Waals surface area contributed by atoms with E-state index in [1.165, 1.54) is 5.56 Å². The minimum absolute atomic E-state index is 0.507. The van der Waals surface area contributed by atoms with Crippen molar-refractivity contribution < 1.29 is 4.74 Å². The molecule has 0 aliphatic rings. The van der Waals surface area contributed by atoms with Crippen LogP contribution in [-0.2, 0) is 6.54 Å². The summed E-state index contributed by atoms with van der Waals surface area (Å²) in [4.78, 5) is 0. The van der Waals surface area contributed by atoms with Gasteiger partial charge in [-0.25, -0.2) is 0 Å². The minimum Gasteiger partial charge on any atom is -0.455 e. The molecular formula is C16H17Cl2NO. The summed E-state index contributed by atoms with van der Waals surface area (Å²) in [6.07, 6.45) is 0. The maximum absolute atomic E-state index is 6.14. The molecule has 2 aromatic carbocycles. The smallest absolute Gasteiger partial charge is 0.146 e. The van der Waals surface area contributed by atoms with E-state index in [1.807, 2.05) is 12.1 Å². The summed E-state index contributed by atoms with van der Waals surface area (Å²) in [5.41, 5.74) is 2.31. The van der Waals surface area contributed by atoms with E-state index in [4.69, 9.17) is 27.9 Å². The van der Waals surface area contributed by atoms with Crippen LogP contribution in [0.25, 0.3) is 0 Å². The third kappa shape index (κ3) is 3.89. The lowest BCUT2D eigenvalue weighted by Crippen LogP contribution is -2.12. The van der Waals surface area contributed by atoms with Crippen LogP contribution in [0.4, 0.5) is 0 Å². The van der Waals surface area contributed by atoms with Gasteiger partial charge in [0.2, 0.25) is 0 Å². The zero-order chi connectivity index (χ0) is 14.5. The number of halogens is 2. The molecule has 0 fully saturated rings.